The zero-order valence-corrected chi connectivity index (χ0v) is 21.1. The smallest absolute Gasteiger partial charge is 0.255 e. The molecule has 0 atom stereocenters. The SMILES string of the molecule is Cc1ccc(S(=O)(=O)N2CCN(Cc3ccc(C(=O)Nc4ccc(Br)cc4F)cc3)CC2)cc1. The van der Waals surface area contributed by atoms with E-state index in [1.807, 2.05) is 31.2 Å². The summed E-state index contributed by atoms with van der Waals surface area (Å²) in [5.41, 5.74) is 2.59. The van der Waals surface area contributed by atoms with Gasteiger partial charge in [0.1, 0.15) is 5.82 Å². The fraction of sp³-hybridized carbons (Fsp3) is 0.240. The van der Waals surface area contributed by atoms with Crippen LogP contribution >= 0.6 is 15.9 Å². The Morgan fingerprint density at radius 1 is 0.971 bits per heavy atom. The molecule has 0 aliphatic carbocycles. The summed E-state index contributed by atoms with van der Waals surface area (Å²) in [5.74, 6) is -0.898. The van der Waals surface area contributed by atoms with E-state index in [1.165, 1.54) is 16.4 Å². The monoisotopic (exact) mass is 545 g/mol. The van der Waals surface area contributed by atoms with E-state index < -0.39 is 15.8 Å². The standard InChI is InChI=1S/C25H25BrFN3O3S/c1-18-2-9-22(10-3-18)34(32,33)30-14-12-29(13-15-30)17-19-4-6-20(7-5-19)25(31)28-24-11-8-21(26)16-23(24)27/h2-11,16H,12-15,17H2,1H3,(H,28,31). The van der Waals surface area contributed by atoms with Crippen LogP contribution in [-0.2, 0) is 16.6 Å². The molecule has 1 aliphatic rings. The second-order valence-corrected chi connectivity index (χ2v) is 11.1. The zero-order valence-electron chi connectivity index (χ0n) is 18.7. The van der Waals surface area contributed by atoms with E-state index in [9.17, 15) is 17.6 Å². The van der Waals surface area contributed by atoms with Gasteiger partial charge in [0.2, 0.25) is 10.0 Å². The average molecular weight is 546 g/mol. The van der Waals surface area contributed by atoms with Crippen molar-refractivity contribution < 1.29 is 17.6 Å². The largest absolute Gasteiger partial charge is 0.319 e. The quantitative estimate of drug-likeness (QED) is 0.489. The van der Waals surface area contributed by atoms with Crippen molar-refractivity contribution >= 4 is 37.5 Å². The number of sulfonamides is 1. The average Bonchev–Trinajstić information content (AvgIpc) is 2.82. The van der Waals surface area contributed by atoms with E-state index in [-0.39, 0.29) is 11.6 Å². The number of benzene rings is 3. The number of rotatable bonds is 6. The van der Waals surface area contributed by atoms with Crippen LogP contribution in [0.3, 0.4) is 0 Å². The molecule has 1 saturated heterocycles. The van der Waals surface area contributed by atoms with E-state index in [0.717, 1.165) is 11.1 Å². The van der Waals surface area contributed by atoms with Gasteiger partial charge >= 0.3 is 0 Å². The molecule has 6 nitrogen and oxygen atoms in total. The number of halogens is 2. The molecule has 3 aromatic carbocycles. The van der Waals surface area contributed by atoms with Gasteiger partial charge in [-0.05, 0) is 55.0 Å². The Hall–Kier alpha value is -2.59. The molecule has 34 heavy (non-hydrogen) atoms. The Morgan fingerprint density at radius 2 is 1.62 bits per heavy atom. The highest BCUT2D eigenvalue weighted by Gasteiger charge is 2.28. The Morgan fingerprint density at radius 3 is 2.24 bits per heavy atom. The van der Waals surface area contributed by atoms with Gasteiger partial charge in [-0.25, -0.2) is 12.8 Å². The van der Waals surface area contributed by atoms with Gasteiger partial charge in [-0.3, -0.25) is 9.69 Å². The molecule has 0 spiro atoms. The Bertz CT molecular complexity index is 1270. The predicted octanol–water partition coefficient (Wildman–Crippen LogP) is 4.66. The van der Waals surface area contributed by atoms with Crippen molar-refractivity contribution in [1.29, 1.82) is 0 Å². The van der Waals surface area contributed by atoms with Crippen LogP contribution in [0.4, 0.5) is 10.1 Å². The lowest BCUT2D eigenvalue weighted by Crippen LogP contribution is -2.48. The molecule has 0 aromatic heterocycles. The number of hydrogen-bond donors (Lipinski definition) is 1. The van der Waals surface area contributed by atoms with Crippen LogP contribution in [-0.4, -0.2) is 49.7 Å². The van der Waals surface area contributed by atoms with E-state index in [0.29, 0.717) is 47.7 Å². The fourth-order valence-electron chi connectivity index (χ4n) is 3.79. The van der Waals surface area contributed by atoms with E-state index in [4.69, 9.17) is 0 Å². The summed E-state index contributed by atoms with van der Waals surface area (Å²) in [4.78, 5) is 15.0. The number of hydrogen-bond acceptors (Lipinski definition) is 4. The van der Waals surface area contributed by atoms with Gasteiger partial charge in [-0.15, -0.1) is 0 Å². The van der Waals surface area contributed by atoms with Crippen LogP contribution in [0.15, 0.2) is 76.1 Å². The molecule has 1 amide bonds. The van der Waals surface area contributed by atoms with Crippen molar-refractivity contribution in [3.63, 3.8) is 0 Å². The molecule has 1 heterocycles. The van der Waals surface area contributed by atoms with Gasteiger partial charge in [-0.2, -0.15) is 4.31 Å². The number of carbonyl (C=O) groups is 1. The summed E-state index contributed by atoms with van der Waals surface area (Å²) in [6.07, 6.45) is 0. The minimum Gasteiger partial charge on any atom is -0.319 e. The third-order valence-corrected chi connectivity index (χ3v) is 8.20. The molecule has 178 valence electrons. The minimum absolute atomic E-state index is 0.121. The second kappa shape index (κ2) is 10.4. The summed E-state index contributed by atoms with van der Waals surface area (Å²) >= 11 is 3.19. The molecule has 4 rings (SSSR count). The number of aryl methyl sites for hydroxylation is 1. The Balaban J connectivity index is 1.32. The molecule has 1 fully saturated rings. The van der Waals surface area contributed by atoms with E-state index in [1.54, 1.807) is 30.3 Å². The van der Waals surface area contributed by atoms with Gasteiger partial charge < -0.3 is 5.32 Å². The summed E-state index contributed by atoms with van der Waals surface area (Å²) in [6.45, 7) is 4.68. The number of piperazine rings is 1. The Labute approximate surface area is 207 Å². The summed E-state index contributed by atoms with van der Waals surface area (Å²) < 4.78 is 41.9. The number of anilines is 1. The third-order valence-electron chi connectivity index (χ3n) is 5.79. The van der Waals surface area contributed by atoms with Crippen molar-refractivity contribution in [2.24, 2.45) is 0 Å². The number of nitrogens with one attached hydrogen (secondary N) is 1. The maximum absolute atomic E-state index is 14.0. The normalized spacial score (nSPS) is 15.3. The lowest BCUT2D eigenvalue weighted by molar-refractivity contribution is 0.102. The molecular formula is C25H25BrFN3O3S. The van der Waals surface area contributed by atoms with Crippen LogP contribution in [0.2, 0.25) is 0 Å². The maximum atomic E-state index is 14.0. The summed E-state index contributed by atoms with van der Waals surface area (Å²) in [5, 5.41) is 2.58. The van der Waals surface area contributed by atoms with Gasteiger partial charge in [0, 0.05) is 42.8 Å². The van der Waals surface area contributed by atoms with E-state index >= 15 is 0 Å². The maximum Gasteiger partial charge on any atom is 0.255 e. The molecule has 0 unspecified atom stereocenters. The molecule has 1 aliphatic heterocycles. The first-order valence-electron chi connectivity index (χ1n) is 10.9. The molecule has 0 saturated carbocycles. The van der Waals surface area contributed by atoms with Crippen molar-refractivity contribution in [1.82, 2.24) is 9.21 Å². The Kier molecular flexibility index (Phi) is 7.47. The fourth-order valence-corrected chi connectivity index (χ4v) is 5.55. The molecule has 0 radical (unpaired) electrons. The van der Waals surface area contributed by atoms with Crippen molar-refractivity contribution in [3.05, 3.63) is 93.7 Å². The first-order chi connectivity index (χ1) is 16.2. The number of carbonyl (C=O) groups excluding carboxylic acids is 1. The topological polar surface area (TPSA) is 69.7 Å². The number of nitrogens with zero attached hydrogens (tertiary/aromatic N) is 2. The van der Waals surface area contributed by atoms with Gasteiger partial charge in [0.25, 0.3) is 5.91 Å². The zero-order chi connectivity index (χ0) is 24.3. The van der Waals surface area contributed by atoms with Crippen molar-refractivity contribution in [3.8, 4) is 0 Å². The number of amides is 1. The molecule has 1 N–H and O–H groups in total. The second-order valence-electron chi connectivity index (χ2n) is 8.27. The van der Waals surface area contributed by atoms with Gasteiger partial charge in [0.15, 0.2) is 0 Å². The van der Waals surface area contributed by atoms with Crippen molar-refractivity contribution in [2.45, 2.75) is 18.4 Å². The molecule has 0 bridgehead atoms. The highest BCUT2D eigenvalue weighted by molar-refractivity contribution is 9.10. The van der Waals surface area contributed by atoms with Crippen molar-refractivity contribution in [2.75, 3.05) is 31.5 Å². The summed E-state index contributed by atoms with van der Waals surface area (Å²) in [7, 11) is -3.49. The first-order valence-corrected chi connectivity index (χ1v) is 13.1. The van der Waals surface area contributed by atoms with Crippen LogP contribution < -0.4 is 5.32 Å². The van der Waals surface area contributed by atoms with Gasteiger partial charge in [-0.1, -0.05) is 45.8 Å². The lowest BCUT2D eigenvalue weighted by atomic mass is 10.1. The third kappa shape index (κ3) is 5.72. The lowest BCUT2D eigenvalue weighted by Gasteiger charge is -2.34. The van der Waals surface area contributed by atoms with Crippen LogP contribution in [0, 0.1) is 12.7 Å². The van der Waals surface area contributed by atoms with Crippen LogP contribution in [0.25, 0.3) is 0 Å². The molecular weight excluding hydrogens is 521 g/mol. The summed E-state index contributed by atoms with van der Waals surface area (Å²) in [6, 6.07) is 18.5. The van der Waals surface area contributed by atoms with Crippen LogP contribution in [0.5, 0.6) is 0 Å². The minimum atomic E-state index is -3.49. The predicted molar refractivity (Wildman–Crippen MR) is 134 cm³/mol. The molecule has 9 heteroatoms. The highest BCUT2D eigenvalue weighted by atomic mass is 79.9. The van der Waals surface area contributed by atoms with E-state index in [2.05, 4.69) is 26.1 Å². The highest BCUT2D eigenvalue weighted by Crippen LogP contribution is 2.21. The van der Waals surface area contributed by atoms with Crippen LogP contribution in [0.1, 0.15) is 21.5 Å². The van der Waals surface area contributed by atoms with Gasteiger partial charge in [0.05, 0.1) is 10.6 Å². The first kappa shape index (κ1) is 24.5. The molecule has 3 aromatic rings.